The molecule has 0 heterocycles. The van der Waals surface area contributed by atoms with Gasteiger partial charge in [0.1, 0.15) is 0 Å². The van der Waals surface area contributed by atoms with Crippen molar-refractivity contribution in [2.45, 2.75) is 129 Å². The van der Waals surface area contributed by atoms with Crippen LogP contribution in [0.15, 0.2) is 12.7 Å². The van der Waals surface area contributed by atoms with Crippen LogP contribution in [0.5, 0.6) is 0 Å². The van der Waals surface area contributed by atoms with Crippen LogP contribution in [-0.4, -0.2) is 12.6 Å². The van der Waals surface area contributed by atoms with E-state index in [1.165, 1.54) is 77.0 Å². The molecule has 0 aliphatic rings. The fourth-order valence-electron chi connectivity index (χ4n) is 3.58. The normalized spacial score (nSPS) is 11.1. The minimum absolute atomic E-state index is 0.0702. The van der Waals surface area contributed by atoms with Crippen molar-refractivity contribution in [1.82, 2.24) is 0 Å². The Kier molecular flexibility index (Phi) is 20.9. The molecule has 27 heavy (non-hydrogen) atoms. The van der Waals surface area contributed by atoms with Crippen molar-refractivity contribution in [3.63, 3.8) is 0 Å². The van der Waals surface area contributed by atoms with Gasteiger partial charge >= 0.3 is 5.97 Å². The summed E-state index contributed by atoms with van der Waals surface area (Å²) in [6.07, 6.45) is 23.8. The molecule has 0 aliphatic carbocycles. The van der Waals surface area contributed by atoms with Crippen molar-refractivity contribution < 1.29 is 9.53 Å². The van der Waals surface area contributed by atoms with Crippen LogP contribution in [0.1, 0.15) is 129 Å². The Balaban J connectivity index is 4.04. The van der Waals surface area contributed by atoms with E-state index in [9.17, 15) is 4.79 Å². The molecule has 2 nitrogen and oxygen atoms in total. The van der Waals surface area contributed by atoms with Crippen LogP contribution in [0.2, 0.25) is 0 Å². The molecule has 0 spiro atoms. The van der Waals surface area contributed by atoms with Gasteiger partial charge in [0.05, 0.1) is 12.5 Å². The van der Waals surface area contributed by atoms with Crippen molar-refractivity contribution in [3.05, 3.63) is 12.7 Å². The number of esters is 1. The van der Waals surface area contributed by atoms with E-state index in [0.29, 0.717) is 6.61 Å². The van der Waals surface area contributed by atoms with E-state index in [4.69, 9.17) is 4.74 Å². The Hall–Kier alpha value is -0.790. The van der Waals surface area contributed by atoms with Gasteiger partial charge in [-0.15, -0.1) is 6.58 Å². The van der Waals surface area contributed by atoms with Crippen molar-refractivity contribution in [1.29, 1.82) is 0 Å². The van der Waals surface area contributed by atoms with Gasteiger partial charge in [0.15, 0.2) is 0 Å². The topological polar surface area (TPSA) is 26.3 Å². The molecule has 0 fully saturated rings. The molecule has 0 unspecified atom stereocenters. The molecule has 2 heteroatoms. The third-order valence-corrected chi connectivity index (χ3v) is 5.44. The van der Waals surface area contributed by atoms with Crippen molar-refractivity contribution in [3.8, 4) is 0 Å². The lowest BCUT2D eigenvalue weighted by molar-refractivity contribution is -0.149. The molecule has 0 aromatic carbocycles. The fraction of sp³-hybridized carbons (Fsp3) is 0.880. The summed E-state index contributed by atoms with van der Waals surface area (Å²) in [5.41, 5.74) is 0. The molecular formula is C25H48O2. The molecule has 0 bridgehead atoms. The highest BCUT2D eigenvalue weighted by Crippen LogP contribution is 2.21. The van der Waals surface area contributed by atoms with Crippen molar-refractivity contribution >= 4 is 5.97 Å². The van der Waals surface area contributed by atoms with Gasteiger partial charge in [0, 0.05) is 0 Å². The summed E-state index contributed by atoms with van der Waals surface area (Å²) in [6.45, 7) is 8.85. The van der Waals surface area contributed by atoms with E-state index in [1.807, 2.05) is 6.08 Å². The van der Waals surface area contributed by atoms with Crippen molar-refractivity contribution in [2.75, 3.05) is 6.61 Å². The third-order valence-electron chi connectivity index (χ3n) is 5.44. The molecule has 0 aromatic rings. The second-order valence-corrected chi connectivity index (χ2v) is 8.12. The number of carbonyl (C=O) groups is 1. The first-order valence-corrected chi connectivity index (χ1v) is 12.0. The monoisotopic (exact) mass is 380 g/mol. The second kappa shape index (κ2) is 21.5. The van der Waals surface area contributed by atoms with Crippen LogP contribution in [0.3, 0.4) is 0 Å². The number of hydrogen-bond acceptors (Lipinski definition) is 2. The Labute approximate surface area is 170 Å². The van der Waals surface area contributed by atoms with Gasteiger partial charge in [-0.2, -0.15) is 0 Å². The molecule has 0 aromatic heterocycles. The maximum atomic E-state index is 12.5. The third kappa shape index (κ3) is 18.3. The Morgan fingerprint density at radius 2 is 1.22 bits per heavy atom. The van der Waals surface area contributed by atoms with Gasteiger partial charge in [0.2, 0.25) is 0 Å². The number of rotatable bonds is 21. The smallest absolute Gasteiger partial charge is 0.308 e. The largest absolute Gasteiger partial charge is 0.465 e. The number of allylic oxidation sites excluding steroid dienone is 1. The first kappa shape index (κ1) is 26.2. The standard InChI is InChI=1S/C25H48O2/c1-4-7-10-13-15-18-21-24(22-19-16-14-11-8-5-2)25(26)27-23-20-17-12-9-6-3/h6,24H,3-5,7-23H2,1-2H3. The van der Waals surface area contributed by atoms with Crippen LogP contribution >= 0.6 is 0 Å². The minimum Gasteiger partial charge on any atom is -0.465 e. The highest BCUT2D eigenvalue weighted by Gasteiger charge is 2.19. The van der Waals surface area contributed by atoms with Crippen molar-refractivity contribution in [2.24, 2.45) is 5.92 Å². The lowest BCUT2D eigenvalue weighted by atomic mass is 9.94. The summed E-state index contributed by atoms with van der Waals surface area (Å²) < 4.78 is 5.61. The summed E-state index contributed by atoms with van der Waals surface area (Å²) >= 11 is 0. The molecule has 0 saturated heterocycles. The molecule has 0 rings (SSSR count). The molecule has 0 radical (unpaired) electrons. The van der Waals surface area contributed by atoms with E-state index in [-0.39, 0.29) is 11.9 Å². The van der Waals surface area contributed by atoms with Crippen LogP contribution < -0.4 is 0 Å². The summed E-state index contributed by atoms with van der Waals surface area (Å²) in [5.74, 6) is 0.205. The van der Waals surface area contributed by atoms with Crippen LogP contribution in [0, 0.1) is 5.92 Å². The first-order chi connectivity index (χ1) is 13.3. The predicted molar refractivity (Wildman–Crippen MR) is 119 cm³/mol. The molecule has 0 atom stereocenters. The molecule has 0 amide bonds. The first-order valence-electron chi connectivity index (χ1n) is 12.0. The Bertz CT molecular complexity index is 308. The van der Waals surface area contributed by atoms with E-state index in [2.05, 4.69) is 20.4 Å². The maximum Gasteiger partial charge on any atom is 0.308 e. The zero-order valence-corrected chi connectivity index (χ0v) is 18.6. The zero-order valence-electron chi connectivity index (χ0n) is 18.6. The van der Waals surface area contributed by atoms with Gasteiger partial charge in [-0.25, -0.2) is 0 Å². The lowest BCUT2D eigenvalue weighted by Crippen LogP contribution is -2.18. The van der Waals surface area contributed by atoms with Crippen LogP contribution in [-0.2, 0) is 9.53 Å². The average Bonchev–Trinajstić information content (AvgIpc) is 2.68. The summed E-state index contributed by atoms with van der Waals surface area (Å²) in [7, 11) is 0. The van der Waals surface area contributed by atoms with Crippen LogP contribution in [0.4, 0.5) is 0 Å². The van der Waals surface area contributed by atoms with E-state index in [1.54, 1.807) is 0 Å². The zero-order chi connectivity index (χ0) is 20.0. The Morgan fingerprint density at radius 1 is 0.741 bits per heavy atom. The molecule has 0 aliphatic heterocycles. The van der Waals surface area contributed by atoms with E-state index in [0.717, 1.165) is 38.5 Å². The van der Waals surface area contributed by atoms with Gasteiger partial charge in [-0.1, -0.05) is 97.0 Å². The quantitative estimate of drug-likeness (QED) is 0.113. The number of unbranched alkanes of at least 4 members (excludes halogenated alkanes) is 13. The summed E-state index contributed by atoms with van der Waals surface area (Å²) in [5, 5.41) is 0. The average molecular weight is 381 g/mol. The summed E-state index contributed by atoms with van der Waals surface area (Å²) in [4.78, 5) is 12.5. The highest BCUT2D eigenvalue weighted by molar-refractivity contribution is 5.72. The summed E-state index contributed by atoms with van der Waals surface area (Å²) in [6, 6.07) is 0. The van der Waals surface area contributed by atoms with Gasteiger partial charge in [-0.3, -0.25) is 4.79 Å². The van der Waals surface area contributed by atoms with Gasteiger partial charge < -0.3 is 4.74 Å². The van der Waals surface area contributed by atoms with E-state index >= 15 is 0 Å². The van der Waals surface area contributed by atoms with Gasteiger partial charge in [0.25, 0.3) is 0 Å². The SMILES string of the molecule is C=CCCCCCOC(=O)C(CCCCCCCC)CCCCCCCC. The fourth-order valence-corrected chi connectivity index (χ4v) is 3.58. The highest BCUT2D eigenvalue weighted by atomic mass is 16.5. The lowest BCUT2D eigenvalue weighted by Gasteiger charge is -2.16. The van der Waals surface area contributed by atoms with Gasteiger partial charge in [-0.05, 0) is 38.5 Å². The molecule has 160 valence electrons. The molecule has 0 N–H and O–H groups in total. The molecule has 0 saturated carbocycles. The number of carbonyl (C=O) groups excluding carboxylic acids is 1. The predicted octanol–water partition coefficient (Wildman–Crippen LogP) is 8.39. The Morgan fingerprint density at radius 3 is 1.74 bits per heavy atom. The number of ether oxygens (including phenoxy) is 1. The van der Waals surface area contributed by atoms with E-state index < -0.39 is 0 Å². The maximum absolute atomic E-state index is 12.5. The van der Waals surface area contributed by atoms with Crippen LogP contribution in [0.25, 0.3) is 0 Å². The number of hydrogen-bond donors (Lipinski definition) is 0. The second-order valence-electron chi connectivity index (χ2n) is 8.12. The minimum atomic E-state index is 0.0702. The molecular weight excluding hydrogens is 332 g/mol.